The topological polar surface area (TPSA) is 97.1 Å². The van der Waals surface area contributed by atoms with E-state index in [1.54, 1.807) is 12.1 Å². The highest BCUT2D eigenvalue weighted by Gasteiger charge is 2.29. The molecule has 0 unspecified atom stereocenters. The summed E-state index contributed by atoms with van der Waals surface area (Å²) in [7, 11) is -3.67. The zero-order valence-electron chi connectivity index (χ0n) is 14.1. The van der Waals surface area contributed by atoms with Gasteiger partial charge in [0.2, 0.25) is 10.0 Å². The van der Waals surface area contributed by atoms with E-state index in [4.69, 9.17) is 5.14 Å². The van der Waals surface area contributed by atoms with Gasteiger partial charge < -0.3 is 10.2 Å². The Morgan fingerprint density at radius 1 is 1.20 bits per heavy atom. The van der Waals surface area contributed by atoms with Crippen LogP contribution in [0.2, 0.25) is 0 Å². The van der Waals surface area contributed by atoms with Crippen molar-refractivity contribution in [3.05, 3.63) is 59.7 Å². The van der Waals surface area contributed by atoms with Gasteiger partial charge in [0.05, 0.1) is 4.90 Å². The van der Waals surface area contributed by atoms with Crippen molar-refractivity contribution in [2.24, 2.45) is 5.14 Å². The van der Waals surface area contributed by atoms with E-state index in [-0.39, 0.29) is 16.8 Å². The average Bonchev–Trinajstić information content (AvgIpc) is 3.02. The van der Waals surface area contributed by atoms with Gasteiger partial charge in [0, 0.05) is 17.8 Å². The van der Waals surface area contributed by atoms with Gasteiger partial charge in [0.15, 0.2) is 6.04 Å². The molecule has 0 aromatic heterocycles. The fraction of sp³-hybridized carbons (Fsp3) is 0.278. The van der Waals surface area contributed by atoms with Crippen LogP contribution >= 0.6 is 0 Å². The minimum absolute atomic E-state index is 0.0890. The Labute approximate surface area is 147 Å². The van der Waals surface area contributed by atoms with Crippen LogP contribution in [0.5, 0.6) is 0 Å². The molecule has 0 saturated carbocycles. The third-order valence-electron chi connectivity index (χ3n) is 4.50. The predicted molar refractivity (Wildman–Crippen MR) is 95.4 cm³/mol. The molecule has 0 fully saturated rings. The van der Waals surface area contributed by atoms with Crippen LogP contribution in [0.3, 0.4) is 0 Å². The van der Waals surface area contributed by atoms with Crippen molar-refractivity contribution in [2.45, 2.75) is 30.8 Å². The Kier molecular flexibility index (Phi) is 4.89. The molecule has 0 bridgehead atoms. The van der Waals surface area contributed by atoms with Crippen LogP contribution in [0, 0.1) is 0 Å². The van der Waals surface area contributed by atoms with E-state index in [0.717, 1.165) is 24.2 Å². The Morgan fingerprint density at radius 3 is 2.56 bits per heavy atom. The van der Waals surface area contributed by atoms with E-state index in [1.807, 2.05) is 35.3 Å². The van der Waals surface area contributed by atoms with Gasteiger partial charge in [-0.15, -0.1) is 0 Å². The lowest BCUT2D eigenvalue weighted by molar-refractivity contribution is -0.688. The van der Waals surface area contributed by atoms with E-state index in [2.05, 4.69) is 6.07 Å². The van der Waals surface area contributed by atoms with Crippen LogP contribution < -0.4 is 15.4 Å². The van der Waals surface area contributed by atoms with E-state index >= 15 is 0 Å². The Balaban J connectivity index is 1.61. The fourth-order valence-electron chi connectivity index (χ4n) is 3.04. The number of amides is 1. The number of rotatable bonds is 5. The third-order valence-corrected chi connectivity index (χ3v) is 5.43. The molecule has 0 saturated heterocycles. The highest BCUT2D eigenvalue weighted by Crippen LogP contribution is 2.27. The predicted octanol–water partition coefficient (Wildman–Crippen LogP) is 0.375. The number of hydrogen-bond donors (Lipinski definition) is 2. The number of para-hydroxylation sites is 1. The molecule has 2 aromatic carbocycles. The molecule has 25 heavy (non-hydrogen) atoms. The van der Waals surface area contributed by atoms with Gasteiger partial charge in [-0.2, -0.15) is 0 Å². The molecule has 0 spiro atoms. The van der Waals surface area contributed by atoms with Gasteiger partial charge in [-0.1, -0.05) is 30.3 Å². The molecule has 1 heterocycles. The van der Waals surface area contributed by atoms with E-state index in [9.17, 15) is 13.2 Å². The summed E-state index contributed by atoms with van der Waals surface area (Å²) in [5.74, 6) is 0.0890. The summed E-state index contributed by atoms with van der Waals surface area (Å²) >= 11 is 0. The van der Waals surface area contributed by atoms with Crippen molar-refractivity contribution in [1.29, 1.82) is 0 Å². The first kappa shape index (κ1) is 17.6. The Hall–Kier alpha value is -2.22. The fourth-order valence-corrected chi connectivity index (χ4v) is 3.56. The number of carbonyl (C=O) groups excluding carboxylic acids is 1. The molecule has 2 aromatic rings. The largest absolute Gasteiger partial charge is 0.332 e. The maximum absolute atomic E-state index is 12.7. The molecule has 1 aliphatic heterocycles. The zero-order valence-corrected chi connectivity index (χ0v) is 14.9. The first-order chi connectivity index (χ1) is 11.9. The van der Waals surface area contributed by atoms with Crippen LogP contribution in [0.4, 0.5) is 5.69 Å². The molecular weight excluding hydrogens is 338 g/mol. The normalized spacial score (nSPS) is 15.0. The zero-order chi connectivity index (χ0) is 18.0. The van der Waals surface area contributed by atoms with Crippen LogP contribution in [-0.4, -0.2) is 26.9 Å². The van der Waals surface area contributed by atoms with E-state index in [0.29, 0.717) is 6.54 Å². The van der Waals surface area contributed by atoms with Crippen molar-refractivity contribution in [3.8, 4) is 0 Å². The lowest BCUT2D eigenvalue weighted by Crippen LogP contribution is -2.90. The number of quaternary nitrogens is 1. The number of primary sulfonamides is 1. The minimum atomic E-state index is -3.67. The van der Waals surface area contributed by atoms with Crippen LogP contribution in [-0.2, 0) is 27.8 Å². The molecule has 7 heteroatoms. The summed E-state index contributed by atoms with van der Waals surface area (Å²) in [6, 6.07) is 14.2. The number of fused-ring (bicyclic) bond motifs is 1. The summed E-state index contributed by atoms with van der Waals surface area (Å²) < 4.78 is 22.5. The monoisotopic (exact) mass is 360 g/mol. The lowest BCUT2D eigenvalue weighted by Gasteiger charge is -2.20. The molecular formula is C18H22N3O3S+. The number of anilines is 1. The molecule has 1 aliphatic rings. The molecule has 0 aliphatic carbocycles. The first-order valence-electron chi connectivity index (χ1n) is 8.20. The summed E-state index contributed by atoms with van der Waals surface area (Å²) in [6.45, 7) is 3.20. The number of nitrogens with two attached hydrogens (primary N) is 2. The second-order valence-corrected chi connectivity index (χ2v) is 7.85. The van der Waals surface area contributed by atoms with Crippen molar-refractivity contribution in [2.75, 3.05) is 11.4 Å². The molecule has 132 valence electrons. The quantitative estimate of drug-likeness (QED) is 0.806. The van der Waals surface area contributed by atoms with Crippen molar-refractivity contribution < 1.29 is 18.5 Å². The SMILES string of the molecule is C[C@H]([NH2+]Cc1ccc(S(N)(=O)=O)cc1)C(=O)N1CCc2ccccc21. The van der Waals surface area contributed by atoms with Gasteiger partial charge in [-0.3, -0.25) is 4.79 Å². The lowest BCUT2D eigenvalue weighted by atomic mass is 10.2. The summed E-state index contributed by atoms with van der Waals surface area (Å²) in [6.07, 6.45) is 0.893. The molecule has 3 rings (SSSR count). The molecule has 6 nitrogen and oxygen atoms in total. The van der Waals surface area contributed by atoms with Gasteiger partial charge in [-0.25, -0.2) is 13.6 Å². The van der Waals surface area contributed by atoms with Gasteiger partial charge in [0.25, 0.3) is 5.91 Å². The molecule has 1 atom stereocenters. The smallest absolute Gasteiger partial charge is 0.284 e. The maximum atomic E-state index is 12.7. The van der Waals surface area contributed by atoms with Gasteiger partial charge >= 0.3 is 0 Å². The third kappa shape index (κ3) is 3.89. The molecule has 4 N–H and O–H groups in total. The van der Waals surface area contributed by atoms with E-state index in [1.165, 1.54) is 17.7 Å². The summed E-state index contributed by atoms with van der Waals surface area (Å²) in [5, 5.41) is 7.05. The van der Waals surface area contributed by atoms with Crippen LogP contribution in [0.25, 0.3) is 0 Å². The highest BCUT2D eigenvalue weighted by atomic mass is 32.2. The van der Waals surface area contributed by atoms with E-state index < -0.39 is 10.0 Å². The van der Waals surface area contributed by atoms with Crippen LogP contribution in [0.15, 0.2) is 53.4 Å². The standard InChI is InChI=1S/C18H21N3O3S/c1-13(18(22)21-11-10-15-4-2-3-5-17(15)21)20-12-14-6-8-16(9-7-14)25(19,23)24/h2-9,13,20H,10-12H2,1H3,(H2,19,23,24)/p+1/t13-/m0/s1. The number of hydrogen-bond acceptors (Lipinski definition) is 3. The van der Waals surface area contributed by atoms with Gasteiger partial charge in [0.1, 0.15) is 6.54 Å². The Bertz CT molecular complexity index is 879. The summed E-state index contributed by atoms with van der Waals surface area (Å²) in [5.41, 5.74) is 3.15. The second-order valence-electron chi connectivity index (χ2n) is 6.29. The molecule has 0 radical (unpaired) electrons. The van der Waals surface area contributed by atoms with Crippen molar-refractivity contribution in [1.82, 2.24) is 0 Å². The number of carbonyl (C=O) groups is 1. The van der Waals surface area contributed by atoms with Gasteiger partial charge in [-0.05, 0) is 37.1 Å². The minimum Gasteiger partial charge on any atom is -0.332 e. The van der Waals surface area contributed by atoms with Crippen LogP contribution in [0.1, 0.15) is 18.1 Å². The van der Waals surface area contributed by atoms with Crippen molar-refractivity contribution >= 4 is 21.6 Å². The number of benzene rings is 2. The maximum Gasteiger partial charge on any atom is 0.284 e. The highest BCUT2D eigenvalue weighted by molar-refractivity contribution is 7.89. The first-order valence-corrected chi connectivity index (χ1v) is 9.75. The second kappa shape index (κ2) is 6.95. The van der Waals surface area contributed by atoms with Crippen molar-refractivity contribution in [3.63, 3.8) is 0 Å². The Morgan fingerprint density at radius 2 is 1.88 bits per heavy atom. The average molecular weight is 360 g/mol. The number of sulfonamides is 1. The number of nitrogens with zero attached hydrogens (tertiary/aromatic N) is 1. The summed E-state index contributed by atoms with van der Waals surface area (Å²) in [4.78, 5) is 14.7. The molecule has 1 amide bonds.